The van der Waals surface area contributed by atoms with Crippen molar-refractivity contribution in [1.29, 1.82) is 0 Å². The van der Waals surface area contributed by atoms with Crippen LogP contribution in [0.1, 0.15) is 25.3 Å². The highest BCUT2D eigenvalue weighted by Crippen LogP contribution is 2.41. The maximum atomic E-state index is 3.97. The summed E-state index contributed by atoms with van der Waals surface area (Å²) in [6.45, 7) is 8.58. The fraction of sp³-hybridized carbons (Fsp3) is 0.150. The molecule has 0 amide bonds. The molecule has 0 saturated carbocycles. The molecule has 7 rings (SSSR count). The summed E-state index contributed by atoms with van der Waals surface area (Å²) >= 11 is 0. The normalized spacial score (nSPS) is 21.5. The number of rotatable bonds is 6. The van der Waals surface area contributed by atoms with E-state index in [1.807, 2.05) is 6.08 Å². The van der Waals surface area contributed by atoms with E-state index in [1.165, 1.54) is 50.0 Å². The van der Waals surface area contributed by atoms with Gasteiger partial charge in [0.2, 0.25) is 0 Å². The number of benzene rings is 4. The molecule has 1 heterocycles. The number of nitrogens with zero attached hydrogens (tertiary/aromatic N) is 2. The maximum Gasteiger partial charge on any atom is 0.0585 e. The Morgan fingerprint density at radius 3 is 2.10 bits per heavy atom. The summed E-state index contributed by atoms with van der Waals surface area (Å²) in [6.07, 6.45) is 17.8. The topological polar surface area (TPSA) is 8.17 Å². The minimum absolute atomic E-state index is 0.229. The van der Waals surface area contributed by atoms with Crippen LogP contribution in [-0.4, -0.2) is 10.6 Å². The maximum absolute atomic E-state index is 3.97. The van der Waals surface area contributed by atoms with Gasteiger partial charge >= 0.3 is 0 Å². The summed E-state index contributed by atoms with van der Waals surface area (Å²) in [5, 5.41) is 2.55. The van der Waals surface area contributed by atoms with Crippen molar-refractivity contribution in [2.24, 2.45) is 11.8 Å². The van der Waals surface area contributed by atoms with E-state index < -0.39 is 0 Å². The molecule has 1 aromatic heterocycles. The number of para-hydroxylation sites is 2. The first-order chi connectivity index (χ1) is 20.6. The lowest BCUT2D eigenvalue weighted by Gasteiger charge is -2.36. The summed E-state index contributed by atoms with van der Waals surface area (Å²) in [7, 11) is 0. The number of anilines is 2. The molecule has 2 aliphatic carbocycles. The molecule has 5 aromatic rings. The van der Waals surface area contributed by atoms with Crippen molar-refractivity contribution < 1.29 is 0 Å². The van der Waals surface area contributed by atoms with Gasteiger partial charge in [-0.3, -0.25) is 0 Å². The lowest BCUT2D eigenvalue weighted by Crippen LogP contribution is -2.35. The minimum Gasteiger partial charge on any atom is -0.334 e. The van der Waals surface area contributed by atoms with Crippen LogP contribution in [0.3, 0.4) is 0 Å². The third-order valence-electron chi connectivity index (χ3n) is 8.91. The molecular formula is C40H36N2. The van der Waals surface area contributed by atoms with Crippen LogP contribution in [0.25, 0.3) is 27.5 Å². The smallest absolute Gasteiger partial charge is 0.0585 e. The van der Waals surface area contributed by atoms with Crippen molar-refractivity contribution in [2.45, 2.75) is 25.8 Å². The van der Waals surface area contributed by atoms with Gasteiger partial charge in [-0.15, -0.1) is 0 Å². The lowest BCUT2D eigenvalue weighted by molar-refractivity contribution is 0.609. The van der Waals surface area contributed by atoms with Crippen molar-refractivity contribution in [2.75, 3.05) is 4.90 Å². The van der Waals surface area contributed by atoms with Gasteiger partial charge in [0, 0.05) is 33.8 Å². The molecule has 206 valence electrons. The van der Waals surface area contributed by atoms with E-state index in [-0.39, 0.29) is 6.04 Å². The molecule has 2 heteroatoms. The highest BCUT2D eigenvalue weighted by atomic mass is 15.2. The van der Waals surface area contributed by atoms with E-state index in [2.05, 4.69) is 169 Å². The SMILES string of the molecule is C=CC1=CC(C)C(c2ccc3c(c2)c2cc(N(c4ccccc4)C4C=CC=CC4C)ccc2n3-c2ccccc2)C=C1. The van der Waals surface area contributed by atoms with Gasteiger partial charge in [0.25, 0.3) is 0 Å². The van der Waals surface area contributed by atoms with E-state index in [0.29, 0.717) is 17.8 Å². The number of hydrogen-bond acceptors (Lipinski definition) is 1. The minimum atomic E-state index is 0.229. The Bertz CT molecular complexity index is 1880. The van der Waals surface area contributed by atoms with E-state index >= 15 is 0 Å². The van der Waals surface area contributed by atoms with Crippen molar-refractivity contribution in [1.82, 2.24) is 4.57 Å². The monoisotopic (exact) mass is 544 g/mol. The summed E-state index contributed by atoms with van der Waals surface area (Å²) in [5.41, 5.74) is 8.57. The molecule has 42 heavy (non-hydrogen) atoms. The summed E-state index contributed by atoms with van der Waals surface area (Å²) in [4.78, 5) is 2.49. The molecule has 2 nitrogen and oxygen atoms in total. The van der Waals surface area contributed by atoms with Gasteiger partial charge in [0.15, 0.2) is 0 Å². The largest absolute Gasteiger partial charge is 0.334 e. The Labute approximate surface area is 248 Å². The van der Waals surface area contributed by atoms with Crippen molar-refractivity contribution in [3.05, 3.63) is 163 Å². The Kier molecular flexibility index (Phi) is 6.76. The predicted molar refractivity (Wildman–Crippen MR) is 180 cm³/mol. The zero-order valence-electron chi connectivity index (χ0n) is 24.3. The van der Waals surface area contributed by atoms with Crippen LogP contribution in [0, 0.1) is 11.8 Å². The van der Waals surface area contributed by atoms with Crippen LogP contribution >= 0.6 is 0 Å². The molecule has 0 N–H and O–H groups in total. The molecule has 0 radical (unpaired) electrons. The van der Waals surface area contributed by atoms with Gasteiger partial charge in [0.1, 0.15) is 0 Å². The molecule has 0 bridgehead atoms. The van der Waals surface area contributed by atoms with Crippen LogP contribution in [0.2, 0.25) is 0 Å². The van der Waals surface area contributed by atoms with Crippen LogP contribution in [-0.2, 0) is 0 Å². The molecule has 4 atom stereocenters. The summed E-state index contributed by atoms with van der Waals surface area (Å²) in [5.74, 6) is 1.12. The average Bonchev–Trinajstić information content (AvgIpc) is 3.36. The highest BCUT2D eigenvalue weighted by Gasteiger charge is 2.26. The first-order valence-corrected chi connectivity index (χ1v) is 15.0. The number of allylic oxidation sites excluding steroid dienone is 7. The first-order valence-electron chi connectivity index (χ1n) is 15.0. The number of aromatic nitrogens is 1. The molecule has 4 unspecified atom stereocenters. The highest BCUT2D eigenvalue weighted by molar-refractivity contribution is 6.10. The fourth-order valence-corrected chi connectivity index (χ4v) is 6.75. The van der Waals surface area contributed by atoms with Gasteiger partial charge in [0.05, 0.1) is 17.1 Å². The second-order valence-corrected chi connectivity index (χ2v) is 11.6. The molecule has 0 spiro atoms. The fourth-order valence-electron chi connectivity index (χ4n) is 6.75. The molecular weight excluding hydrogens is 508 g/mol. The second kappa shape index (κ2) is 10.9. The summed E-state index contributed by atoms with van der Waals surface area (Å²) < 4.78 is 2.41. The van der Waals surface area contributed by atoms with Crippen molar-refractivity contribution in [3.8, 4) is 5.69 Å². The van der Waals surface area contributed by atoms with Gasteiger partial charge < -0.3 is 9.47 Å². The van der Waals surface area contributed by atoms with Gasteiger partial charge in [-0.05, 0) is 77.6 Å². The summed E-state index contributed by atoms with van der Waals surface area (Å²) in [6, 6.07) is 35.8. The first kappa shape index (κ1) is 26.1. The lowest BCUT2D eigenvalue weighted by atomic mass is 9.82. The second-order valence-electron chi connectivity index (χ2n) is 11.6. The quantitative estimate of drug-likeness (QED) is 0.206. The zero-order chi connectivity index (χ0) is 28.6. The van der Waals surface area contributed by atoms with Crippen molar-refractivity contribution in [3.63, 3.8) is 0 Å². The third kappa shape index (κ3) is 4.54. The number of fused-ring (bicyclic) bond motifs is 3. The van der Waals surface area contributed by atoms with Crippen molar-refractivity contribution >= 4 is 33.2 Å². The third-order valence-corrected chi connectivity index (χ3v) is 8.91. The van der Waals surface area contributed by atoms with Crippen LogP contribution < -0.4 is 4.90 Å². The van der Waals surface area contributed by atoms with Gasteiger partial charge in [-0.25, -0.2) is 0 Å². The van der Waals surface area contributed by atoms with E-state index in [1.54, 1.807) is 0 Å². The van der Waals surface area contributed by atoms with Crippen LogP contribution in [0.4, 0.5) is 11.4 Å². The Morgan fingerprint density at radius 2 is 1.38 bits per heavy atom. The standard InChI is InChI=1S/C40H36N2/c1-4-30-19-22-35(29(3)25-30)31-20-23-39-36(26-31)37-27-34(21-24-40(37)42(39)33-16-9-6-10-17-33)41(32-14-7-5-8-15-32)38-18-12-11-13-28(38)2/h4-29,35,38H,1H2,2-3H3. The van der Waals surface area contributed by atoms with E-state index in [4.69, 9.17) is 0 Å². The van der Waals surface area contributed by atoms with Crippen LogP contribution in [0.15, 0.2) is 158 Å². The Balaban J connectivity index is 1.44. The number of hydrogen-bond donors (Lipinski definition) is 0. The zero-order valence-corrected chi connectivity index (χ0v) is 24.3. The van der Waals surface area contributed by atoms with Gasteiger partial charge in [-0.1, -0.05) is 111 Å². The van der Waals surface area contributed by atoms with E-state index in [9.17, 15) is 0 Å². The molecule has 4 aromatic carbocycles. The van der Waals surface area contributed by atoms with Crippen LogP contribution in [0.5, 0.6) is 0 Å². The molecule has 2 aliphatic rings. The molecule has 0 saturated heterocycles. The molecule has 0 fully saturated rings. The Hall–Kier alpha value is -4.82. The van der Waals surface area contributed by atoms with Gasteiger partial charge in [-0.2, -0.15) is 0 Å². The van der Waals surface area contributed by atoms with E-state index in [0.717, 1.165) is 0 Å². The average molecular weight is 545 g/mol. The predicted octanol–water partition coefficient (Wildman–Crippen LogP) is 10.5. The Morgan fingerprint density at radius 1 is 0.690 bits per heavy atom. The molecule has 0 aliphatic heterocycles.